The molecule has 1 saturated carbocycles. The van der Waals surface area contributed by atoms with E-state index >= 15 is 0 Å². The fourth-order valence-electron chi connectivity index (χ4n) is 5.40. The normalized spacial score (nSPS) is 18.6. The predicted octanol–water partition coefficient (Wildman–Crippen LogP) is 4.34. The van der Waals surface area contributed by atoms with Gasteiger partial charge in [-0.2, -0.15) is 0 Å². The van der Waals surface area contributed by atoms with Gasteiger partial charge in [-0.05, 0) is 43.7 Å². The molecular weight excluding hydrogens is 438 g/mol. The van der Waals surface area contributed by atoms with Gasteiger partial charge >= 0.3 is 0 Å². The number of nitrogens with one attached hydrogen (secondary N) is 2. The van der Waals surface area contributed by atoms with Crippen LogP contribution in [0, 0.1) is 0 Å². The van der Waals surface area contributed by atoms with Crippen molar-refractivity contribution in [3.05, 3.63) is 42.1 Å². The molecule has 0 saturated heterocycles. The second-order valence-electron chi connectivity index (χ2n) is 10.3. The Morgan fingerprint density at radius 3 is 2.71 bits per heavy atom. The minimum absolute atomic E-state index is 0.126. The summed E-state index contributed by atoms with van der Waals surface area (Å²) in [6.07, 6.45) is 9.92. The number of H-pyrrole nitrogens is 1. The average molecular weight is 474 g/mol. The molecule has 1 aliphatic rings. The molecule has 1 amide bonds. The molecule has 5 rings (SSSR count). The number of amides is 1. The van der Waals surface area contributed by atoms with Crippen LogP contribution in [0.25, 0.3) is 33.3 Å². The number of aryl methyl sites for hydroxylation is 1. The average Bonchev–Trinajstić information content (AvgIpc) is 3.40. The van der Waals surface area contributed by atoms with Crippen LogP contribution in [0.1, 0.15) is 62.6 Å². The Kier molecular flexibility index (Phi) is 6.32. The van der Waals surface area contributed by atoms with Gasteiger partial charge in [0.2, 0.25) is 5.91 Å². The molecule has 2 N–H and O–H groups in total. The summed E-state index contributed by atoms with van der Waals surface area (Å²) in [5, 5.41) is 4.48. The largest absolute Gasteiger partial charge is 0.353 e. The van der Waals surface area contributed by atoms with E-state index in [1.165, 1.54) is 11.3 Å². The van der Waals surface area contributed by atoms with Crippen molar-refractivity contribution in [2.75, 3.05) is 20.6 Å². The number of nitrogens with zero attached hydrogens (tertiary/aromatic N) is 5. The number of carbonyl (C=O) groups excluding carboxylic acids is 1. The van der Waals surface area contributed by atoms with E-state index in [9.17, 15) is 4.79 Å². The van der Waals surface area contributed by atoms with Crippen molar-refractivity contribution >= 4 is 28.0 Å². The van der Waals surface area contributed by atoms with Crippen LogP contribution in [-0.2, 0) is 11.8 Å². The van der Waals surface area contributed by atoms with E-state index in [0.29, 0.717) is 24.4 Å². The van der Waals surface area contributed by atoms with Crippen LogP contribution < -0.4 is 5.32 Å². The first-order chi connectivity index (χ1) is 16.8. The highest BCUT2D eigenvalue weighted by atomic mass is 16.2. The summed E-state index contributed by atoms with van der Waals surface area (Å²) in [7, 11) is 5.62. The van der Waals surface area contributed by atoms with E-state index in [-0.39, 0.29) is 5.91 Å². The Hall–Kier alpha value is -3.26. The molecule has 4 aromatic heterocycles. The number of pyridine rings is 1. The van der Waals surface area contributed by atoms with Crippen molar-refractivity contribution in [3.63, 3.8) is 0 Å². The SMILES string of the molecule is CC(C)c1c(-c2cn(C)c3ncncc23)[nH]c2ccc(C3CCC(NCC(=O)N(C)C)CC3)nc12. The summed E-state index contributed by atoms with van der Waals surface area (Å²) in [5.41, 5.74) is 7.71. The molecule has 1 aliphatic carbocycles. The highest BCUT2D eigenvalue weighted by Crippen LogP contribution is 2.39. The standard InChI is InChI=1S/C27H35N7O/c1-16(2)24-25(20-14-34(5)27-19(20)12-28-15-30-27)32-22-11-10-21(31-26(22)24)17-6-8-18(9-7-17)29-13-23(35)33(3)4/h10-12,14-18,29,32H,6-9,13H2,1-5H3. The number of rotatable bonds is 6. The predicted molar refractivity (Wildman–Crippen MR) is 139 cm³/mol. The van der Waals surface area contributed by atoms with Gasteiger partial charge in [-0.3, -0.25) is 9.78 Å². The number of aromatic amines is 1. The summed E-state index contributed by atoms with van der Waals surface area (Å²) in [4.78, 5) is 31.2. The van der Waals surface area contributed by atoms with Crippen LogP contribution in [-0.4, -0.2) is 62.0 Å². The quantitative estimate of drug-likeness (QED) is 0.435. The monoisotopic (exact) mass is 473 g/mol. The second-order valence-corrected chi connectivity index (χ2v) is 10.3. The maximum absolute atomic E-state index is 11.9. The lowest BCUT2D eigenvalue weighted by atomic mass is 9.83. The fourth-order valence-corrected chi connectivity index (χ4v) is 5.40. The molecule has 0 unspecified atom stereocenters. The molecule has 0 aliphatic heterocycles. The zero-order valence-corrected chi connectivity index (χ0v) is 21.3. The number of carbonyl (C=O) groups is 1. The topological polar surface area (TPSA) is 91.7 Å². The van der Waals surface area contributed by atoms with Gasteiger partial charge in [-0.1, -0.05) is 13.8 Å². The van der Waals surface area contributed by atoms with E-state index in [0.717, 1.165) is 59.0 Å². The van der Waals surface area contributed by atoms with Crippen molar-refractivity contribution in [2.45, 2.75) is 57.4 Å². The van der Waals surface area contributed by atoms with Crippen molar-refractivity contribution in [2.24, 2.45) is 7.05 Å². The van der Waals surface area contributed by atoms with Crippen LogP contribution in [0.2, 0.25) is 0 Å². The fraction of sp³-hybridized carbons (Fsp3) is 0.481. The molecule has 8 nitrogen and oxygen atoms in total. The minimum atomic E-state index is 0.126. The summed E-state index contributed by atoms with van der Waals surface area (Å²) in [6.45, 7) is 4.87. The third-order valence-corrected chi connectivity index (χ3v) is 7.37. The molecule has 0 bridgehead atoms. The zero-order chi connectivity index (χ0) is 24.7. The molecule has 184 valence electrons. The smallest absolute Gasteiger partial charge is 0.236 e. The van der Waals surface area contributed by atoms with Crippen LogP contribution in [0.3, 0.4) is 0 Å². The molecule has 4 aromatic rings. The maximum Gasteiger partial charge on any atom is 0.236 e. The number of aromatic nitrogens is 5. The molecule has 1 fully saturated rings. The van der Waals surface area contributed by atoms with Crippen LogP contribution >= 0.6 is 0 Å². The Labute approximate surface area is 206 Å². The van der Waals surface area contributed by atoms with Crippen molar-refractivity contribution in [1.82, 2.24) is 34.7 Å². The Balaban J connectivity index is 1.42. The molecule has 0 atom stereocenters. The highest BCUT2D eigenvalue weighted by Gasteiger charge is 2.26. The van der Waals surface area contributed by atoms with E-state index in [1.54, 1.807) is 25.3 Å². The zero-order valence-electron chi connectivity index (χ0n) is 21.3. The first kappa shape index (κ1) is 23.5. The Morgan fingerprint density at radius 2 is 2.00 bits per heavy atom. The first-order valence-corrected chi connectivity index (χ1v) is 12.5. The lowest BCUT2D eigenvalue weighted by molar-refractivity contribution is -0.127. The van der Waals surface area contributed by atoms with Crippen molar-refractivity contribution in [3.8, 4) is 11.3 Å². The lowest BCUT2D eigenvalue weighted by Gasteiger charge is -2.29. The third-order valence-electron chi connectivity index (χ3n) is 7.37. The maximum atomic E-state index is 11.9. The Bertz CT molecular complexity index is 1360. The van der Waals surface area contributed by atoms with E-state index in [2.05, 4.69) is 57.0 Å². The van der Waals surface area contributed by atoms with E-state index in [1.807, 2.05) is 13.2 Å². The van der Waals surface area contributed by atoms with Gasteiger partial charge in [0.1, 0.15) is 12.0 Å². The van der Waals surface area contributed by atoms with Crippen LogP contribution in [0.15, 0.2) is 30.9 Å². The number of hydrogen-bond acceptors (Lipinski definition) is 5. The van der Waals surface area contributed by atoms with Crippen molar-refractivity contribution < 1.29 is 4.79 Å². The van der Waals surface area contributed by atoms with E-state index < -0.39 is 0 Å². The molecule has 0 aromatic carbocycles. The number of likely N-dealkylation sites (N-methyl/N-ethyl adjacent to an activating group) is 1. The second kappa shape index (κ2) is 9.41. The van der Waals surface area contributed by atoms with Gasteiger partial charge in [0.15, 0.2) is 0 Å². The minimum Gasteiger partial charge on any atom is -0.353 e. The summed E-state index contributed by atoms with van der Waals surface area (Å²) in [5.74, 6) is 0.892. The lowest BCUT2D eigenvalue weighted by Crippen LogP contribution is -2.40. The molecule has 0 radical (unpaired) electrons. The molecule has 0 spiro atoms. The third kappa shape index (κ3) is 4.43. The highest BCUT2D eigenvalue weighted by molar-refractivity contribution is 5.98. The molecule has 4 heterocycles. The van der Waals surface area contributed by atoms with Gasteiger partial charge in [-0.25, -0.2) is 9.97 Å². The van der Waals surface area contributed by atoms with E-state index in [4.69, 9.17) is 4.98 Å². The summed E-state index contributed by atoms with van der Waals surface area (Å²) >= 11 is 0. The summed E-state index contributed by atoms with van der Waals surface area (Å²) < 4.78 is 2.05. The van der Waals surface area contributed by atoms with Gasteiger partial charge in [0, 0.05) is 67.7 Å². The first-order valence-electron chi connectivity index (χ1n) is 12.5. The van der Waals surface area contributed by atoms with Gasteiger partial charge in [-0.15, -0.1) is 0 Å². The number of hydrogen-bond donors (Lipinski definition) is 2. The van der Waals surface area contributed by atoms with Crippen LogP contribution in [0.5, 0.6) is 0 Å². The van der Waals surface area contributed by atoms with Gasteiger partial charge in [0.05, 0.1) is 23.3 Å². The van der Waals surface area contributed by atoms with Gasteiger partial charge < -0.3 is 19.8 Å². The number of fused-ring (bicyclic) bond motifs is 2. The molecule has 35 heavy (non-hydrogen) atoms. The van der Waals surface area contributed by atoms with Gasteiger partial charge in [0.25, 0.3) is 0 Å². The molecular formula is C27H35N7O. The molecule has 8 heteroatoms. The van der Waals surface area contributed by atoms with Crippen LogP contribution in [0.4, 0.5) is 0 Å². The Morgan fingerprint density at radius 1 is 1.23 bits per heavy atom. The van der Waals surface area contributed by atoms with Crippen molar-refractivity contribution in [1.29, 1.82) is 0 Å². The summed E-state index contributed by atoms with van der Waals surface area (Å²) in [6, 6.07) is 4.78.